The van der Waals surface area contributed by atoms with Gasteiger partial charge in [0.05, 0.1) is 18.5 Å². The summed E-state index contributed by atoms with van der Waals surface area (Å²) in [6, 6.07) is 5.59. The number of methoxy groups -OCH3 is 1. The molecule has 144 valence electrons. The van der Waals surface area contributed by atoms with Crippen molar-refractivity contribution >= 4 is 17.5 Å². The number of nitrogens with one attached hydrogen (secondary N) is 2. The Morgan fingerprint density at radius 3 is 2.81 bits per heavy atom. The molecule has 0 aliphatic carbocycles. The van der Waals surface area contributed by atoms with Gasteiger partial charge in [-0.05, 0) is 50.3 Å². The number of anilines is 1. The second-order valence-electron chi connectivity index (χ2n) is 6.75. The molecule has 1 aliphatic heterocycles. The molecule has 1 aromatic heterocycles. The lowest BCUT2D eigenvalue weighted by Crippen LogP contribution is -2.28. The zero-order valence-electron chi connectivity index (χ0n) is 16.1. The fourth-order valence-corrected chi connectivity index (χ4v) is 3.32. The second kappa shape index (κ2) is 8.24. The van der Waals surface area contributed by atoms with E-state index in [-0.39, 0.29) is 11.8 Å². The third kappa shape index (κ3) is 3.97. The van der Waals surface area contributed by atoms with Gasteiger partial charge in [0.2, 0.25) is 0 Å². The van der Waals surface area contributed by atoms with Gasteiger partial charge in [0.1, 0.15) is 5.75 Å². The van der Waals surface area contributed by atoms with Crippen LogP contribution in [-0.2, 0) is 13.0 Å². The smallest absolute Gasteiger partial charge is 0.287 e. The largest absolute Gasteiger partial charge is 0.495 e. The lowest BCUT2D eigenvalue weighted by Gasteiger charge is -2.17. The molecule has 0 spiro atoms. The first kappa shape index (κ1) is 18.9. The van der Waals surface area contributed by atoms with Gasteiger partial charge in [0, 0.05) is 13.1 Å². The van der Waals surface area contributed by atoms with Crippen LogP contribution in [0.3, 0.4) is 0 Å². The molecule has 1 aliphatic rings. The Kier molecular flexibility index (Phi) is 5.78. The minimum Gasteiger partial charge on any atom is -0.495 e. The summed E-state index contributed by atoms with van der Waals surface area (Å²) >= 11 is 0. The lowest BCUT2D eigenvalue weighted by atomic mass is 10.1. The Labute approximate surface area is 159 Å². The summed E-state index contributed by atoms with van der Waals surface area (Å²) in [5, 5.41) is 5.75. The van der Waals surface area contributed by atoms with Crippen LogP contribution in [0.15, 0.2) is 18.2 Å². The standard InChI is InChI=1S/C20H26N4O3/c1-4-10-21-20(26)18-23-17(15-7-5-6-11-24(15)18)19(25)22-14-12-13(2)8-9-16(14)27-3/h8-9,12H,4-7,10-11H2,1-3H3,(H,21,26)(H,22,25). The number of aromatic nitrogens is 2. The molecule has 2 heterocycles. The average molecular weight is 370 g/mol. The van der Waals surface area contributed by atoms with Crippen LogP contribution in [0, 0.1) is 6.92 Å². The highest BCUT2D eigenvalue weighted by Crippen LogP contribution is 2.27. The maximum absolute atomic E-state index is 12.9. The van der Waals surface area contributed by atoms with Gasteiger partial charge in [0.15, 0.2) is 11.5 Å². The number of ether oxygens (including phenoxy) is 1. The number of rotatable bonds is 6. The van der Waals surface area contributed by atoms with Crippen molar-refractivity contribution in [3.63, 3.8) is 0 Å². The highest BCUT2D eigenvalue weighted by Gasteiger charge is 2.27. The number of aryl methyl sites for hydroxylation is 1. The van der Waals surface area contributed by atoms with Crippen LogP contribution in [-0.4, -0.2) is 35.0 Å². The fourth-order valence-electron chi connectivity index (χ4n) is 3.32. The molecule has 3 rings (SSSR count). The molecule has 1 aromatic carbocycles. The third-order valence-electron chi connectivity index (χ3n) is 4.67. The third-order valence-corrected chi connectivity index (χ3v) is 4.67. The first-order valence-corrected chi connectivity index (χ1v) is 9.38. The number of nitrogens with zero attached hydrogens (tertiary/aromatic N) is 2. The Hall–Kier alpha value is -2.83. The van der Waals surface area contributed by atoms with E-state index in [1.807, 2.05) is 36.6 Å². The minimum atomic E-state index is -0.320. The number of benzene rings is 1. The lowest BCUT2D eigenvalue weighted by molar-refractivity contribution is 0.0937. The van der Waals surface area contributed by atoms with Crippen LogP contribution in [0.1, 0.15) is 58.6 Å². The van der Waals surface area contributed by atoms with Gasteiger partial charge in [-0.2, -0.15) is 0 Å². The van der Waals surface area contributed by atoms with Crippen LogP contribution in [0.2, 0.25) is 0 Å². The Morgan fingerprint density at radius 2 is 2.07 bits per heavy atom. The minimum absolute atomic E-state index is 0.229. The molecule has 27 heavy (non-hydrogen) atoms. The fraction of sp³-hybridized carbons (Fsp3) is 0.450. The van der Waals surface area contributed by atoms with E-state index in [4.69, 9.17) is 4.74 Å². The zero-order valence-corrected chi connectivity index (χ0v) is 16.1. The summed E-state index contributed by atoms with van der Waals surface area (Å²) in [5.41, 5.74) is 2.75. The van der Waals surface area contributed by atoms with E-state index in [0.717, 1.165) is 36.9 Å². The number of hydrogen-bond donors (Lipinski definition) is 2. The number of fused-ring (bicyclic) bond motifs is 1. The van der Waals surface area contributed by atoms with Crippen molar-refractivity contribution in [2.45, 2.75) is 46.1 Å². The first-order valence-electron chi connectivity index (χ1n) is 9.38. The van der Waals surface area contributed by atoms with Gasteiger partial charge in [-0.15, -0.1) is 0 Å². The van der Waals surface area contributed by atoms with Crippen LogP contribution in [0.25, 0.3) is 0 Å². The normalized spacial score (nSPS) is 13.0. The summed E-state index contributed by atoms with van der Waals surface area (Å²) in [6.07, 6.45) is 3.54. The Balaban J connectivity index is 1.92. The van der Waals surface area contributed by atoms with E-state index in [2.05, 4.69) is 15.6 Å². The number of imidazole rings is 1. The quantitative estimate of drug-likeness (QED) is 0.819. The summed E-state index contributed by atoms with van der Waals surface area (Å²) < 4.78 is 7.22. The first-order chi connectivity index (χ1) is 13.0. The topological polar surface area (TPSA) is 85.2 Å². The highest BCUT2D eigenvalue weighted by atomic mass is 16.5. The van der Waals surface area contributed by atoms with E-state index < -0.39 is 0 Å². The second-order valence-corrected chi connectivity index (χ2v) is 6.75. The molecule has 0 radical (unpaired) electrons. The van der Waals surface area contributed by atoms with Crippen molar-refractivity contribution in [2.24, 2.45) is 0 Å². The van der Waals surface area contributed by atoms with Gasteiger partial charge in [-0.1, -0.05) is 13.0 Å². The molecule has 7 heteroatoms. The molecule has 7 nitrogen and oxygen atoms in total. The Bertz CT molecular complexity index is 857. The number of carbonyl (C=O) groups is 2. The van der Waals surface area contributed by atoms with E-state index in [1.54, 1.807) is 7.11 Å². The van der Waals surface area contributed by atoms with Crippen LogP contribution in [0.4, 0.5) is 5.69 Å². The van der Waals surface area contributed by atoms with Gasteiger partial charge in [-0.3, -0.25) is 9.59 Å². The van der Waals surface area contributed by atoms with Crippen LogP contribution in [0.5, 0.6) is 5.75 Å². The maximum atomic E-state index is 12.9. The molecule has 2 aromatic rings. The summed E-state index contributed by atoms with van der Waals surface area (Å²) in [5.74, 6) is 0.355. The molecule has 0 saturated carbocycles. The summed E-state index contributed by atoms with van der Waals surface area (Å²) in [4.78, 5) is 29.8. The summed E-state index contributed by atoms with van der Waals surface area (Å²) in [7, 11) is 1.56. The van der Waals surface area contributed by atoms with Gasteiger partial charge in [0.25, 0.3) is 11.8 Å². The number of amides is 2. The molecule has 0 atom stereocenters. The van der Waals surface area contributed by atoms with Crippen LogP contribution >= 0.6 is 0 Å². The molecular formula is C20H26N4O3. The molecule has 0 saturated heterocycles. The number of hydrogen-bond acceptors (Lipinski definition) is 4. The molecule has 2 N–H and O–H groups in total. The van der Waals surface area contributed by atoms with E-state index in [1.165, 1.54) is 0 Å². The monoisotopic (exact) mass is 370 g/mol. The maximum Gasteiger partial charge on any atom is 0.287 e. The van der Waals surface area contributed by atoms with Gasteiger partial charge < -0.3 is 19.9 Å². The zero-order chi connectivity index (χ0) is 19.4. The number of carbonyl (C=O) groups excluding carboxylic acids is 2. The van der Waals surface area contributed by atoms with Gasteiger partial charge in [-0.25, -0.2) is 4.98 Å². The predicted molar refractivity (Wildman–Crippen MR) is 103 cm³/mol. The van der Waals surface area contributed by atoms with Crippen molar-refractivity contribution in [3.05, 3.63) is 41.0 Å². The van der Waals surface area contributed by atoms with E-state index in [0.29, 0.717) is 36.0 Å². The molecule has 0 fully saturated rings. The Morgan fingerprint density at radius 1 is 1.26 bits per heavy atom. The van der Waals surface area contributed by atoms with Crippen LogP contribution < -0.4 is 15.4 Å². The SMILES string of the molecule is CCCNC(=O)c1nc(C(=O)Nc2cc(C)ccc2OC)c2n1CCCC2. The van der Waals surface area contributed by atoms with E-state index >= 15 is 0 Å². The molecule has 0 unspecified atom stereocenters. The van der Waals surface area contributed by atoms with Crippen molar-refractivity contribution in [1.82, 2.24) is 14.9 Å². The highest BCUT2D eigenvalue weighted by molar-refractivity contribution is 6.05. The predicted octanol–water partition coefficient (Wildman–Crippen LogP) is 2.93. The molecule has 0 bridgehead atoms. The summed E-state index contributed by atoms with van der Waals surface area (Å²) in [6.45, 7) is 5.24. The van der Waals surface area contributed by atoms with Crippen molar-refractivity contribution in [1.29, 1.82) is 0 Å². The van der Waals surface area contributed by atoms with E-state index in [9.17, 15) is 9.59 Å². The van der Waals surface area contributed by atoms with Crippen molar-refractivity contribution in [2.75, 3.05) is 19.0 Å². The molecular weight excluding hydrogens is 344 g/mol. The average Bonchev–Trinajstić information content (AvgIpc) is 3.06. The van der Waals surface area contributed by atoms with Gasteiger partial charge >= 0.3 is 0 Å². The van der Waals surface area contributed by atoms with Crippen molar-refractivity contribution in [3.8, 4) is 5.75 Å². The molecule has 2 amide bonds. The van der Waals surface area contributed by atoms with Crippen molar-refractivity contribution < 1.29 is 14.3 Å².